The fourth-order valence-corrected chi connectivity index (χ4v) is 4.69. The number of nitrogens with one attached hydrogen (secondary N) is 4. The van der Waals surface area contributed by atoms with E-state index in [2.05, 4.69) is 21.3 Å². The number of rotatable bonds is 16. The lowest BCUT2D eigenvalue weighted by Gasteiger charge is -2.26. The van der Waals surface area contributed by atoms with Crippen LogP contribution in [-0.4, -0.2) is 73.1 Å². The molecule has 0 aromatic heterocycles. The average molecular weight is 591 g/mol. The van der Waals surface area contributed by atoms with Gasteiger partial charge in [-0.3, -0.25) is 14.4 Å². The van der Waals surface area contributed by atoms with Crippen molar-refractivity contribution in [1.82, 2.24) is 21.3 Å². The molecule has 1 fully saturated rings. The van der Waals surface area contributed by atoms with Gasteiger partial charge in [0.25, 0.3) is 0 Å². The van der Waals surface area contributed by atoms with E-state index in [0.29, 0.717) is 31.6 Å². The van der Waals surface area contributed by atoms with Gasteiger partial charge in [-0.15, -0.1) is 0 Å². The minimum absolute atomic E-state index is 0.0532. The van der Waals surface area contributed by atoms with E-state index in [0.717, 1.165) is 5.56 Å². The Hall–Kier alpha value is -3.54. The Morgan fingerprint density at radius 1 is 1.07 bits per heavy atom. The molecule has 226 valence electrons. The summed E-state index contributed by atoms with van der Waals surface area (Å²) in [6.07, 6.45) is 5.13. The van der Waals surface area contributed by atoms with Gasteiger partial charge < -0.3 is 30.7 Å². The van der Waals surface area contributed by atoms with Crippen molar-refractivity contribution >= 4 is 41.5 Å². The van der Waals surface area contributed by atoms with E-state index in [1.54, 1.807) is 20.8 Å². The third-order valence-electron chi connectivity index (χ3n) is 6.46. The molecule has 1 aliphatic rings. The second-order valence-electron chi connectivity index (χ2n) is 10.0. The molecule has 0 aliphatic carbocycles. The predicted molar refractivity (Wildman–Crippen MR) is 157 cm³/mol. The highest BCUT2D eigenvalue weighted by molar-refractivity contribution is 7.98. The van der Waals surface area contributed by atoms with E-state index in [4.69, 9.17) is 9.47 Å². The highest BCUT2D eigenvalue weighted by atomic mass is 32.2. The van der Waals surface area contributed by atoms with Gasteiger partial charge in [-0.1, -0.05) is 50.3 Å². The topological polar surface area (TPSA) is 152 Å². The minimum atomic E-state index is -0.940. The van der Waals surface area contributed by atoms with Crippen LogP contribution in [0.3, 0.4) is 0 Å². The lowest BCUT2D eigenvalue weighted by Crippen LogP contribution is -2.56. The van der Waals surface area contributed by atoms with E-state index < -0.39 is 42.0 Å². The maximum absolute atomic E-state index is 13.4. The van der Waals surface area contributed by atoms with Crippen molar-refractivity contribution < 1.29 is 33.4 Å². The maximum Gasteiger partial charge on any atom is 0.408 e. The molecule has 4 N–H and O–H groups in total. The predicted octanol–water partition coefficient (Wildman–Crippen LogP) is 2.31. The summed E-state index contributed by atoms with van der Waals surface area (Å²) in [4.78, 5) is 63.2. The number of benzene rings is 1. The summed E-state index contributed by atoms with van der Waals surface area (Å²) in [7, 11) is 0. The molecule has 0 bridgehead atoms. The standard InChI is InChI=1S/C29H42N4O7S/c1-5-39-24(34)12-11-22(17-21-13-15-30-26(21)35)31-27(36)23(14-16-41-4)32-28(37)25(19(2)3)33-29(38)40-18-20-9-7-6-8-10-20/h6-12,19,21-23,25H,5,13-18H2,1-4H3,(H,30,35)(H,31,36)(H,32,37)(H,33,38)/b12-11+/t21-,22+,23-,25-/m0/s1. The zero-order valence-corrected chi connectivity index (χ0v) is 25.0. The van der Waals surface area contributed by atoms with E-state index in [-0.39, 0.29) is 31.0 Å². The number of hydrogen-bond donors (Lipinski definition) is 4. The molecular formula is C29H42N4O7S. The summed E-state index contributed by atoms with van der Waals surface area (Å²) in [5.74, 6) is -1.66. The van der Waals surface area contributed by atoms with Crippen LogP contribution in [0, 0.1) is 11.8 Å². The zero-order chi connectivity index (χ0) is 30.2. The van der Waals surface area contributed by atoms with Gasteiger partial charge in [0.15, 0.2) is 0 Å². The molecule has 1 aliphatic heterocycles. The van der Waals surface area contributed by atoms with Gasteiger partial charge in [0.2, 0.25) is 17.7 Å². The van der Waals surface area contributed by atoms with Crippen molar-refractivity contribution in [3.63, 3.8) is 0 Å². The molecule has 41 heavy (non-hydrogen) atoms. The van der Waals surface area contributed by atoms with Crippen molar-refractivity contribution in [2.24, 2.45) is 11.8 Å². The summed E-state index contributed by atoms with van der Waals surface area (Å²) >= 11 is 1.52. The highest BCUT2D eigenvalue weighted by Gasteiger charge is 2.31. The molecule has 0 radical (unpaired) electrons. The van der Waals surface area contributed by atoms with Crippen LogP contribution in [0.4, 0.5) is 4.79 Å². The molecule has 0 spiro atoms. The lowest BCUT2D eigenvalue weighted by molar-refractivity contribution is -0.137. The van der Waals surface area contributed by atoms with Crippen LogP contribution in [0.5, 0.6) is 0 Å². The first-order valence-corrected chi connectivity index (χ1v) is 15.2. The molecule has 1 heterocycles. The summed E-state index contributed by atoms with van der Waals surface area (Å²) < 4.78 is 10.2. The number of amides is 4. The number of carbonyl (C=O) groups is 5. The Morgan fingerprint density at radius 2 is 1.80 bits per heavy atom. The number of esters is 1. The van der Waals surface area contributed by atoms with Gasteiger partial charge in [-0.05, 0) is 49.7 Å². The summed E-state index contributed by atoms with van der Waals surface area (Å²) in [5, 5.41) is 11.0. The van der Waals surface area contributed by atoms with Crippen LogP contribution < -0.4 is 21.3 Å². The normalized spacial score (nSPS) is 16.9. The smallest absolute Gasteiger partial charge is 0.408 e. The second kappa shape index (κ2) is 18.0. The van der Waals surface area contributed by atoms with Gasteiger partial charge in [0, 0.05) is 24.6 Å². The van der Waals surface area contributed by atoms with Crippen LogP contribution in [-0.2, 0) is 35.3 Å². The van der Waals surface area contributed by atoms with Crippen LogP contribution >= 0.6 is 11.8 Å². The van der Waals surface area contributed by atoms with E-state index in [1.807, 2.05) is 36.6 Å². The van der Waals surface area contributed by atoms with Crippen LogP contribution in [0.25, 0.3) is 0 Å². The van der Waals surface area contributed by atoms with Gasteiger partial charge >= 0.3 is 12.1 Å². The zero-order valence-electron chi connectivity index (χ0n) is 24.1. The Bertz CT molecular complexity index is 1050. The van der Waals surface area contributed by atoms with Crippen LogP contribution in [0.15, 0.2) is 42.5 Å². The van der Waals surface area contributed by atoms with Gasteiger partial charge in [-0.2, -0.15) is 11.8 Å². The Kier molecular flexibility index (Phi) is 14.8. The monoisotopic (exact) mass is 590 g/mol. The summed E-state index contributed by atoms with van der Waals surface area (Å²) in [6.45, 7) is 6.06. The molecule has 1 aromatic carbocycles. The highest BCUT2D eigenvalue weighted by Crippen LogP contribution is 2.17. The maximum atomic E-state index is 13.4. The first-order chi connectivity index (χ1) is 19.6. The third kappa shape index (κ3) is 12.2. The molecular weight excluding hydrogens is 548 g/mol. The van der Waals surface area contributed by atoms with Crippen LogP contribution in [0.1, 0.15) is 45.6 Å². The Morgan fingerprint density at radius 3 is 2.41 bits per heavy atom. The fourth-order valence-electron chi connectivity index (χ4n) is 4.22. The molecule has 4 atom stereocenters. The van der Waals surface area contributed by atoms with E-state index in [9.17, 15) is 24.0 Å². The van der Waals surface area contributed by atoms with Crippen molar-refractivity contribution in [1.29, 1.82) is 0 Å². The van der Waals surface area contributed by atoms with Gasteiger partial charge in [0.1, 0.15) is 18.7 Å². The first kappa shape index (κ1) is 33.7. The quantitative estimate of drug-likeness (QED) is 0.169. The van der Waals surface area contributed by atoms with E-state index >= 15 is 0 Å². The molecule has 12 heteroatoms. The molecule has 2 rings (SSSR count). The minimum Gasteiger partial charge on any atom is -0.463 e. The van der Waals surface area contributed by atoms with Crippen molar-refractivity contribution in [2.45, 2.75) is 64.8 Å². The Balaban J connectivity index is 2.09. The SMILES string of the molecule is CCOC(=O)/C=C/[C@H](C[C@@H]1CCNC1=O)NC(=O)[C@H](CCSC)NC(=O)[C@@H](NC(=O)OCc1ccccc1)C(C)C. The first-order valence-electron chi connectivity index (χ1n) is 13.8. The van der Waals surface area contributed by atoms with Gasteiger partial charge in [-0.25, -0.2) is 9.59 Å². The van der Waals surface area contributed by atoms with Crippen LogP contribution in [0.2, 0.25) is 0 Å². The average Bonchev–Trinajstić information content (AvgIpc) is 3.35. The second-order valence-corrected chi connectivity index (χ2v) is 11.0. The number of alkyl carbamates (subject to hydrolysis) is 1. The summed E-state index contributed by atoms with van der Waals surface area (Å²) in [5.41, 5.74) is 0.809. The number of hydrogen-bond acceptors (Lipinski definition) is 8. The van der Waals surface area contributed by atoms with Crippen molar-refractivity contribution in [3.8, 4) is 0 Å². The third-order valence-corrected chi connectivity index (χ3v) is 7.10. The van der Waals surface area contributed by atoms with Gasteiger partial charge in [0.05, 0.1) is 6.61 Å². The van der Waals surface area contributed by atoms with E-state index in [1.165, 1.54) is 23.9 Å². The molecule has 1 aromatic rings. The molecule has 0 saturated carbocycles. The molecule has 4 amide bonds. The Labute approximate surface area is 245 Å². The molecule has 0 unspecified atom stereocenters. The number of ether oxygens (including phenoxy) is 2. The number of carbonyl (C=O) groups excluding carboxylic acids is 5. The fraction of sp³-hybridized carbons (Fsp3) is 0.552. The molecule has 11 nitrogen and oxygen atoms in total. The largest absolute Gasteiger partial charge is 0.463 e. The molecule has 1 saturated heterocycles. The lowest BCUT2D eigenvalue weighted by atomic mass is 9.97. The number of thioether (sulfide) groups is 1. The summed E-state index contributed by atoms with van der Waals surface area (Å²) in [6, 6.07) is 6.68. The van der Waals surface area contributed by atoms with Crippen molar-refractivity contribution in [3.05, 3.63) is 48.0 Å². The van der Waals surface area contributed by atoms with Crippen molar-refractivity contribution in [2.75, 3.05) is 25.2 Å².